The Kier molecular flexibility index (Phi) is 12.2. The summed E-state index contributed by atoms with van der Waals surface area (Å²) in [5, 5.41) is 10.7. The van der Waals surface area contributed by atoms with Gasteiger partial charge in [-0.05, 0) is 87.7 Å². The third kappa shape index (κ3) is 7.75. The van der Waals surface area contributed by atoms with Crippen LogP contribution in [0.2, 0.25) is 0 Å². The van der Waals surface area contributed by atoms with E-state index in [0.29, 0.717) is 0 Å². The number of hydrogen-bond donors (Lipinski definition) is 0. The maximum Gasteiger partial charge on any atom is 0.0543 e. The van der Waals surface area contributed by atoms with Crippen LogP contribution in [0.3, 0.4) is 0 Å². The minimum Gasteiger partial charge on any atom is -0.155 e. The molecule has 268 valence electrons. The van der Waals surface area contributed by atoms with E-state index in [0.717, 1.165) is 5.75 Å². The molecule has 0 unspecified atom stereocenters. The minimum atomic E-state index is -1.79. The van der Waals surface area contributed by atoms with Gasteiger partial charge in [-0.3, -0.25) is 0 Å². The van der Waals surface area contributed by atoms with E-state index in [1.165, 1.54) is 40.8 Å². The van der Waals surface area contributed by atoms with Crippen LogP contribution in [0.1, 0.15) is 0 Å². The smallest absolute Gasteiger partial charge is 0.0543 e. The van der Waals surface area contributed by atoms with Gasteiger partial charge in [0.25, 0.3) is 0 Å². The second kappa shape index (κ2) is 17.2. The van der Waals surface area contributed by atoms with E-state index in [4.69, 9.17) is 27.6 Å². The first-order chi connectivity index (χ1) is 26.0. The van der Waals surface area contributed by atoms with Gasteiger partial charge in [-0.1, -0.05) is 158 Å². The van der Waals surface area contributed by atoms with Crippen LogP contribution in [0, 0.1) is 4.13 Å². The monoisotopic (exact) mass is 1020 g/mol. The summed E-state index contributed by atoms with van der Waals surface area (Å²) in [4.78, 5) is 4.61. The summed E-state index contributed by atoms with van der Waals surface area (Å²) in [6.07, 6.45) is 0. The molecule has 0 bridgehead atoms. The van der Waals surface area contributed by atoms with Crippen LogP contribution in [-0.2, 0) is 15.2 Å². The van der Waals surface area contributed by atoms with Crippen molar-refractivity contribution in [3.05, 3.63) is 208 Å². The molecule has 53 heavy (non-hydrogen) atoms. The van der Waals surface area contributed by atoms with Crippen molar-refractivity contribution in [1.29, 1.82) is 0 Å². The topological polar surface area (TPSA) is 0 Å². The molecule has 6 aromatic carbocycles. The molecule has 0 fully saturated rings. The number of fused-ring (bicyclic) bond motifs is 2. The Morgan fingerprint density at radius 1 is 0.509 bits per heavy atom. The summed E-state index contributed by atoms with van der Waals surface area (Å²) >= 11 is 0.317. The van der Waals surface area contributed by atoms with Crippen LogP contribution in [0.25, 0.3) is 4.91 Å². The average molecular weight is 1020 g/mol. The van der Waals surface area contributed by atoms with Crippen molar-refractivity contribution >= 4 is 105 Å². The Bertz CT molecular complexity index is 2350. The van der Waals surface area contributed by atoms with Crippen LogP contribution in [-0.4, -0.2) is 14.9 Å². The summed E-state index contributed by atoms with van der Waals surface area (Å²) in [7, 11) is 11.9. The molecule has 0 radical (unpaired) electrons. The second-order valence-electron chi connectivity index (χ2n) is 12.3. The van der Waals surface area contributed by atoms with E-state index in [2.05, 4.69) is 199 Å². The predicted octanol–water partition coefficient (Wildman–Crippen LogP) is 10.7. The summed E-state index contributed by atoms with van der Waals surface area (Å²) in [6.45, 7) is 0. The minimum absolute atomic E-state index is 0.0249. The number of halogens is 3. The van der Waals surface area contributed by atoms with Crippen molar-refractivity contribution < 1.29 is 15.2 Å². The summed E-state index contributed by atoms with van der Waals surface area (Å²) in [6, 6.07) is 70.9. The van der Waals surface area contributed by atoms with Gasteiger partial charge in [-0.25, -0.2) is 0 Å². The van der Waals surface area contributed by atoms with E-state index in [9.17, 15) is 0 Å². The maximum absolute atomic E-state index is 4.95. The molecule has 0 N–H and O–H groups in total. The van der Waals surface area contributed by atoms with Crippen LogP contribution >= 0.6 is 64.8 Å². The molecule has 0 saturated carbocycles. The third-order valence-corrected chi connectivity index (χ3v) is 22.6. The number of benzene rings is 6. The maximum atomic E-state index is 4.95. The Morgan fingerprint density at radius 2 is 0.868 bits per heavy atom. The molecular formula is C44H34AuCl3P2S2Si. The summed E-state index contributed by atoms with van der Waals surface area (Å²) < 4.78 is 3.14. The second-order valence-corrected chi connectivity index (χ2v) is 32.5. The van der Waals surface area contributed by atoms with Crippen LogP contribution in [0.5, 0.6) is 0 Å². The zero-order valence-corrected chi connectivity index (χ0v) is 37.3. The molecule has 0 aliphatic carbocycles. The van der Waals surface area contributed by atoms with Gasteiger partial charge in [-0.15, -0.1) is 11.3 Å². The van der Waals surface area contributed by atoms with Gasteiger partial charge in [0.1, 0.15) is 0 Å². The first-order valence-corrected chi connectivity index (χ1v) is 31.5. The van der Waals surface area contributed by atoms with Crippen molar-refractivity contribution in [3.8, 4) is 0 Å². The Balaban J connectivity index is 0.000000954. The fourth-order valence-electron chi connectivity index (χ4n) is 7.27. The molecule has 7 aromatic rings. The first kappa shape index (κ1) is 37.6. The van der Waals surface area contributed by atoms with Crippen molar-refractivity contribution in [2.45, 2.75) is 9.79 Å². The van der Waals surface area contributed by atoms with Crippen molar-refractivity contribution in [2.24, 2.45) is 0 Å². The zero-order chi connectivity index (χ0) is 36.2. The van der Waals surface area contributed by atoms with E-state index < -0.39 is 41.1 Å². The van der Waals surface area contributed by atoms with Gasteiger partial charge < -0.3 is 0 Å². The summed E-state index contributed by atoms with van der Waals surface area (Å²) in [5.74, 6) is 1.09. The SMILES string of the molecule is [Cl][Au]([Cl])[Cl].c1ccc(P(C2=C3[SiH]=c4sc(P(c5ccccc5)c5ccccc5)cc4=C3S(c3ccccc3)(c3ccccc3)C2)c2ccccc2)cc1. The number of thiophene rings is 1. The molecule has 2 aliphatic heterocycles. The first-order valence-electron chi connectivity index (χ1n) is 17.0. The van der Waals surface area contributed by atoms with Gasteiger partial charge in [0.15, 0.2) is 0 Å². The van der Waals surface area contributed by atoms with Crippen molar-refractivity contribution in [3.63, 3.8) is 0 Å². The number of hydrogen-bond acceptors (Lipinski definition) is 1. The molecule has 3 heterocycles. The Labute approximate surface area is 340 Å². The molecule has 0 saturated heterocycles. The molecule has 0 spiro atoms. The number of rotatable bonds is 8. The molecule has 1 aromatic heterocycles. The van der Waals surface area contributed by atoms with Gasteiger partial charge in [0, 0.05) is 24.6 Å². The normalized spacial score (nSPS) is 15.0. The van der Waals surface area contributed by atoms with Crippen molar-refractivity contribution in [1.82, 2.24) is 0 Å². The molecule has 2 aliphatic rings. The van der Waals surface area contributed by atoms with E-state index >= 15 is 0 Å². The van der Waals surface area contributed by atoms with Gasteiger partial charge >= 0.3 is 42.8 Å². The van der Waals surface area contributed by atoms with E-state index in [1.807, 2.05) is 0 Å². The molecule has 0 nitrogen and oxygen atoms in total. The predicted molar refractivity (Wildman–Crippen MR) is 238 cm³/mol. The molecular weight excluding hydrogens is 986 g/mol. The van der Waals surface area contributed by atoms with Crippen LogP contribution < -0.4 is 31.1 Å². The summed E-state index contributed by atoms with van der Waals surface area (Å²) in [5.41, 5.74) is 0. The average Bonchev–Trinajstić information content (AvgIpc) is 3.87. The standard InChI is InChI=1S/C44H34P2S2Si.Au.3ClH/c1-7-19-33(20-8-1)45(34-21-9-2-10-22-34)40-32-48(37-27-15-5-16-28-37,38-29-17-6-18-30-38)42-39-31-41(47-44(39)49-43(40)42)46(35-23-11-3-12-24-35)36-25-13-4-14-26-36;;;;/h1-31,49H,32H2;;3*1H/q;+3;;;/p-3. The molecule has 9 heteroatoms. The van der Waals surface area contributed by atoms with Crippen LogP contribution in [0.15, 0.2) is 208 Å². The van der Waals surface area contributed by atoms with E-state index in [-0.39, 0.29) is 9.13 Å². The Morgan fingerprint density at radius 3 is 1.26 bits per heavy atom. The molecule has 9 rings (SSSR count). The molecule has 0 amide bonds. The van der Waals surface area contributed by atoms with Gasteiger partial charge in [-0.2, -0.15) is 10.0 Å². The molecule has 0 atom stereocenters. The Hall–Kier alpha value is -2.33. The van der Waals surface area contributed by atoms with E-state index in [1.54, 1.807) is 19.5 Å². The largest absolute Gasteiger partial charge is 0.155 e. The zero-order valence-electron chi connectivity index (χ0n) is 28.3. The quantitative estimate of drug-likeness (QED) is 0.105. The van der Waals surface area contributed by atoms with Crippen molar-refractivity contribution in [2.75, 3.05) is 5.75 Å². The van der Waals surface area contributed by atoms with Crippen LogP contribution in [0.4, 0.5) is 0 Å². The fraction of sp³-hybridized carbons (Fsp3) is 0.0227. The fourth-order valence-corrected chi connectivity index (χ4v) is 22.9. The van der Waals surface area contributed by atoms with Gasteiger partial charge in [0.2, 0.25) is 0 Å². The van der Waals surface area contributed by atoms with Gasteiger partial charge in [0.05, 0.1) is 9.13 Å². The third-order valence-electron chi connectivity index (χ3n) is 9.36.